The SMILES string of the molecule is O=C(COc1ccccc1Br)NCc1ccc(F)cc1. The molecule has 0 aliphatic rings. The van der Waals surface area contributed by atoms with Gasteiger partial charge in [-0.05, 0) is 45.8 Å². The lowest BCUT2D eigenvalue weighted by Gasteiger charge is -2.08. The summed E-state index contributed by atoms with van der Waals surface area (Å²) in [5.41, 5.74) is 0.834. The first-order valence-corrected chi connectivity index (χ1v) is 6.83. The van der Waals surface area contributed by atoms with E-state index < -0.39 is 0 Å². The molecule has 5 heteroatoms. The van der Waals surface area contributed by atoms with Gasteiger partial charge >= 0.3 is 0 Å². The van der Waals surface area contributed by atoms with Crippen LogP contribution in [0.15, 0.2) is 53.0 Å². The summed E-state index contributed by atoms with van der Waals surface area (Å²) in [6, 6.07) is 13.3. The summed E-state index contributed by atoms with van der Waals surface area (Å²) in [7, 11) is 0. The molecule has 0 heterocycles. The molecule has 0 aliphatic heterocycles. The van der Waals surface area contributed by atoms with Gasteiger partial charge in [0.15, 0.2) is 6.61 Å². The Morgan fingerprint density at radius 1 is 1.15 bits per heavy atom. The molecule has 0 radical (unpaired) electrons. The summed E-state index contributed by atoms with van der Waals surface area (Å²) >= 11 is 3.34. The van der Waals surface area contributed by atoms with Crippen molar-refractivity contribution in [2.45, 2.75) is 6.54 Å². The molecule has 0 spiro atoms. The Labute approximate surface area is 124 Å². The van der Waals surface area contributed by atoms with Crippen LogP contribution >= 0.6 is 15.9 Å². The second kappa shape index (κ2) is 7.05. The van der Waals surface area contributed by atoms with Gasteiger partial charge in [0.25, 0.3) is 5.91 Å². The number of nitrogens with one attached hydrogen (secondary N) is 1. The van der Waals surface area contributed by atoms with Crippen LogP contribution in [0.25, 0.3) is 0 Å². The molecule has 0 fully saturated rings. The van der Waals surface area contributed by atoms with Crippen molar-refractivity contribution in [1.82, 2.24) is 5.32 Å². The van der Waals surface area contributed by atoms with Crippen molar-refractivity contribution in [3.63, 3.8) is 0 Å². The number of rotatable bonds is 5. The van der Waals surface area contributed by atoms with Gasteiger partial charge < -0.3 is 10.1 Å². The Kier molecular flexibility index (Phi) is 5.12. The molecule has 0 aromatic heterocycles. The van der Waals surface area contributed by atoms with E-state index in [9.17, 15) is 9.18 Å². The van der Waals surface area contributed by atoms with Crippen LogP contribution < -0.4 is 10.1 Å². The molecule has 2 aromatic carbocycles. The molecule has 3 nitrogen and oxygen atoms in total. The van der Waals surface area contributed by atoms with E-state index in [-0.39, 0.29) is 18.3 Å². The molecule has 1 N–H and O–H groups in total. The smallest absolute Gasteiger partial charge is 0.258 e. The van der Waals surface area contributed by atoms with Crippen LogP contribution in [0.5, 0.6) is 5.75 Å². The molecule has 104 valence electrons. The third kappa shape index (κ3) is 4.35. The van der Waals surface area contributed by atoms with Crippen molar-refractivity contribution in [2.24, 2.45) is 0 Å². The van der Waals surface area contributed by atoms with E-state index in [1.807, 2.05) is 18.2 Å². The Morgan fingerprint density at radius 2 is 1.85 bits per heavy atom. The van der Waals surface area contributed by atoms with Gasteiger partial charge in [0, 0.05) is 6.54 Å². The van der Waals surface area contributed by atoms with E-state index in [4.69, 9.17) is 4.74 Å². The molecule has 2 rings (SSSR count). The fraction of sp³-hybridized carbons (Fsp3) is 0.133. The molecule has 0 saturated heterocycles. The summed E-state index contributed by atoms with van der Waals surface area (Å²) in [5.74, 6) is 0.0897. The molecule has 0 saturated carbocycles. The van der Waals surface area contributed by atoms with E-state index in [0.717, 1.165) is 10.0 Å². The van der Waals surface area contributed by atoms with Crippen molar-refractivity contribution in [3.05, 3.63) is 64.4 Å². The quantitative estimate of drug-likeness (QED) is 0.909. The number of benzene rings is 2. The van der Waals surface area contributed by atoms with Crippen molar-refractivity contribution >= 4 is 21.8 Å². The zero-order chi connectivity index (χ0) is 14.4. The third-order valence-corrected chi connectivity index (χ3v) is 3.25. The molecular weight excluding hydrogens is 325 g/mol. The van der Waals surface area contributed by atoms with Crippen molar-refractivity contribution < 1.29 is 13.9 Å². The Bertz CT molecular complexity index is 587. The summed E-state index contributed by atoms with van der Waals surface area (Å²) in [6.45, 7) is 0.280. The molecular formula is C15H13BrFNO2. The highest BCUT2D eigenvalue weighted by molar-refractivity contribution is 9.10. The number of halogens is 2. The minimum atomic E-state index is -0.294. The van der Waals surface area contributed by atoms with Crippen molar-refractivity contribution in [3.8, 4) is 5.75 Å². The monoisotopic (exact) mass is 337 g/mol. The lowest BCUT2D eigenvalue weighted by Crippen LogP contribution is -2.28. The van der Waals surface area contributed by atoms with Crippen LogP contribution in [-0.2, 0) is 11.3 Å². The third-order valence-electron chi connectivity index (χ3n) is 2.60. The minimum absolute atomic E-state index is 0.0657. The van der Waals surface area contributed by atoms with Crippen LogP contribution in [-0.4, -0.2) is 12.5 Å². The molecule has 0 bridgehead atoms. The molecule has 20 heavy (non-hydrogen) atoms. The first-order chi connectivity index (χ1) is 9.65. The molecule has 0 unspecified atom stereocenters. The summed E-state index contributed by atoms with van der Waals surface area (Å²) in [4.78, 5) is 11.6. The van der Waals surface area contributed by atoms with E-state index >= 15 is 0 Å². The minimum Gasteiger partial charge on any atom is -0.483 e. The Balaban J connectivity index is 1.78. The van der Waals surface area contributed by atoms with Crippen molar-refractivity contribution in [2.75, 3.05) is 6.61 Å². The number of hydrogen-bond donors (Lipinski definition) is 1. The lowest BCUT2D eigenvalue weighted by molar-refractivity contribution is -0.123. The lowest BCUT2D eigenvalue weighted by atomic mass is 10.2. The number of hydrogen-bond acceptors (Lipinski definition) is 2. The predicted molar refractivity (Wildman–Crippen MR) is 77.9 cm³/mol. The van der Waals surface area contributed by atoms with Gasteiger partial charge in [-0.25, -0.2) is 4.39 Å². The fourth-order valence-corrected chi connectivity index (χ4v) is 1.96. The second-order valence-electron chi connectivity index (χ2n) is 4.12. The van der Waals surface area contributed by atoms with Crippen LogP contribution in [0, 0.1) is 5.82 Å². The highest BCUT2D eigenvalue weighted by atomic mass is 79.9. The zero-order valence-electron chi connectivity index (χ0n) is 10.6. The Hall–Kier alpha value is -1.88. The maximum absolute atomic E-state index is 12.7. The van der Waals surface area contributed by atoms with Gasteiger partial charge in [-0.3, -0.25) is 4.79 Å². The Morgan fingerprint density at radius 3 is 2.55 bits per heavy atom. The van der Waals surface area contributed by atoms with E-state index in [1.54, 1.807) is 18.2 Å². The van der Waals surface area contributed by atoms with Crippen LogP contribution in [0.3, 0.4) is 0 Å². The highest BCUT2D eigenvalue weighted by Gasteiger charge is 2.05. The molecule has 0 aliphatic carbocycles. The van der Waals surface area contributed by atoms with E-state index in [2.05, 4.69) is 21.2 Å². The standard InChI is InChI=1S/C15H13BrFNO2/c16-13-3-1-2-4-14(13)20-10-15(19)18-9-11-5-7-12(17)8-6-11/h1-8H,9-10H2,(H,18,19). The first-order valence-electron chi connectivity index (χ1n) is 6.03. The molecule has 1 amide bonds. The number of ether oxygens (including phenoxy) is 1. The van der Waals surface area contributed by atoms with E-state index in [1.165, 1.54) is 12.1 Å². The van der Waals surface area contributed by atoms with Crippen LogP contribution in [0.1, 0.15) is 5.56 Å². The van der Waals surface area contributed by atoms with Gasteiger partial charge in [-0.2, -0.15) is 0 Å². The molecule has 2 aromatic rings. The largest absolute Gasteiger partial charge is 0.483 e. The second-order valence-corrected chi connectivity index (χ2v) is 4.98. The van der Waals surface area contributed by atoms with Crippen LogP contribution in [0.2, 0.25) is 0 Å². The average Bonchev–Trinajstić information content (AvgIpc) is 2.46. The predicted octanol–water partition coefficient (Wildman–Crippen LogP) is 3.28. The summed E-state index contributed by atoms with van der Waals surface area (Å²) < 4.78 is 18.9. The van der Waals surface area contributed by atoms with E-state index in [0.29, 0.717) is 12.3 Å². The topological polar surface area (TPSA) is 38.3 Å². The van der Waals surface area contributed by atoms with Gasteiger partial charge in [0.05, 0.1) is 4.47 Å². The average molecular weight is 338 g/mol. The maximum atomic E-state index is 12.7. The molecule has 0 atom stereocenters. The first kappa shape index (κ1) is 14.5. The van der Waals surface area contributed by atoms with Gasteiger partial charge in [-0.1, -0.05) is 24.3 Å². The van der Waals surface area contributed by atoms with Crippen LogP contribution in [0.4, 0.5) is 4.39 Å². The summed E-state index contributed by atoms with van der Waals surface area (Å²) in [6.07, 6.45) is 0. The number of carbonyl (C=O) groups is 1. The number of carbonyl (C=O) groups excluding carboxylic acids is 1. The number of para-hydroxylation sites is 1. The van der Waals surface area contributed by atoms with Gasteiger partial charge in [0.2, 0.25) is 0 Å². The van der Waals surface area contributed by atoms with Gasteiger partial charge in [-0.15, -0.1) is 0 Å². The summed E-state index contributed by atoms with van der Waals surface area (Å²) in [5, 5.41) is 2.71. The highest BCUT2D eigenvalue weighted by Crippen LogP contribution is 2.23. The normalized spacial score (nSPS) is 10.1. The van der Waals surface area contributed by atoms with Gasteiger partial charge in [0.1, 0.15) is 11.6 Å². The fourth-order valence-electron chi connectivity index (χ4n) is 1.56. The zero-order valence-corrected chi connectivity index (χ0v) is 12.2. The number of amides is 1. The van der Waals surface area contributed by atoms with Crippen molar-refractivity contribution in [1.29, 1.82) is 0 Å². The maximum Gasteiger partial charge on any atom is 0.258 e.